The summed E-state index contributed by atoms with van der Waals surface area (Å²) >= 11 is 2.17. The molecule has 26 heavy (non-hydrogen) atoms. The van der Waals surface area contributed by atoms with E-state index in [1.165, 1.54) is 24.5 Å². The highest BCUT2D eigenvalue weighted by molar-refractivity contribution is 14.1. The molecular formula is C18H15IN2O4S. The summed E-state index contributed by atoms with van der Waals surface area (Å²) in [4.78, 5) is 12.4. The van der Waals surface area contributed by atoms with Gasteiger partial charge in [-0.3, -0.25) is 4.79 Å². The zero-order valence-corrected chi connectivity index (χ0v) is 16.5. The highest BCUT2D eigenvalue weighted by atomic mass is 127. The highest BCUT2D eigenvalue weighted by Gasteiger charge is 2.16. The number of carbonyl (C=O) groups is 1. The van der Waals surface area contributed by atoms with Crippen LogP contribution in [0.3, 0.4) is 0 Å². The maximum absolute atomic E-state index is 12.4. The van der Waals surface area contributed by atoms with Crippen molar-refractivity contribution in [2.75, 3.05) is 5.32 Å². The molecule has 1 aromatic heterocycles. The van der Waals surface area contributed by atoms with Crippen molar-refractivity contribution in [2.45, 2.75) is 11.4 Å². The molecule has 0 aliphatic rings. The maximum atomic E-state index is 12.4. The summed E-state index contributed by atoms with van der Waals surface area (Å²) in [6.45, 7) is 0.0361. The predicted octanol–water partition coefficient (Wildman–Crippen LogP) is 3.62. The van der Waals surface area contributed by atoms with Crippen LogP contribution < -0.4 is 10.0 Å². The fourth-order valence-electron chi connectivity index (χ4n) is 2.20. The van der Waals surface area contributed by atoms with Gasteiger partial charge in [-0.2, -0.15) is 0 Å². The summed E-state index contributed by atoms with van der Waals surface area (Å²) < 4.78 is 33.4. The van der Waals surface area contributed by atoms with E-state index in [0.29, 0.717) is 11.4 Å². The van der Waals surface area contributed by atoms with Crippen molar-refractivity contribution in [2.24, 2.45) is 0 Å². The van der Waals surface area contributed by atoms with Gasteiger partial charge in [-0.25, -0.2) is 13.1 Å². The van der Waals surface area contributed by atoms with Crippen molar-refractivity contribution in [1.29, 1.82) is 0 Å². The van der Waals surface area contributed by atoms with E-state index >= 15 is 0 Å². The molecule has 134 valence electrons. The van der Waals surface area contributed by atoms with Crippen LogP contribution in [-0.2, 0) is 16.6 Å². The Morgan fingerprint density at radius 2 is 1.81 bits per heavy atom. The molecule has 8 heteroatoms. The number of carbonyl (C=O) groups excluding carboxylic acids is 1. The van der Waals surface area contributed by atoms with Crippen molar-refractivity contribution in [3.8, 4) is 0 Å². The van der Waals surface area contributed by atoms with Gasteiger partial charge in [0, 0.05) is 14.8 Å². The lowest BCUT2D eigenvalue weighted by Crippen LogP contribution is -2.23. The first kappa shape index (κ1) is 18.6. The van der Waals surface area contributed by atoms with Crippen LogP contribution in [0.5, 0.6) is 0 Å². The Balaban J connectivity index is 1.74. The number of nitrogens with one attached hydrogen (secondary N) is 2. The molecule has 0 aliphatic carbocycles. The molecule has 2 aromatic carbocycles. The topological polar surface area (TPSA) is 88.4 Å². The van der Waals surface area contributed by atoms with Gasteiger partial charge in [-0.15, -0.1) is 0 Å². The molecule has 0 saturated carbocycles. The number of amides is 1. The summed E-state index contributed by atoms with van der Waals surface area (Å²) in [7, 11) is -3.76. The SMILES string of the molecule is O=C(Nc1ccc(I)cc1)c1cccc(S(=O)(=O)NCc2ccco2)c1. The van der Waals surface area contributed by atoms with Crippen LogP contribution in [0, 0.1) is 3.57 Å². The van der Waals surface area contributed by atoms with E-state index < -0.39 is 10.0 Å². The molecular weight excluding hydrogens is 467 g/mol. The van der Waals surface area contributed by atoms with Crippen LogP contribution in [0.4, 0.5) is 5.69 Å². The minimum Gasteiger partial charge on any atom is -0.468 e. The second-order valence-electron chi connectivity index (χ2n) is 5.39. The first-order valence-electron chi connectivity index (χ1n) is 7.63. The van der Waals surface area contributed by atoms with Gasteiger partial charge < -0.3 is 9.73 Å². The van der Waals surface area contributed by atoms with E-state index in [2.05, 4.69) is 32.6 Å². The highest BCUT2D eigenvalue weighted by Crippen LogP contribution is 2.16. The van der Waals surface area contributed by atoms with Crippen LogP contribution >= 0.6 is 22.6 Å². The van der Waals surface area contributed by atoms with Crippen molar-refractivity contribution in [3.63, 3.8) is 0 Å². The van der Waals surface area contributed by atoms with Gasteiger partial charge in [0.05, 0.1) is 17.7 Å². The third-order valence-electron chi connectivity index (χ3n) is 3.53. The molecule has 6 nitrogen and oxygen atoms in total. The van der Waals surface area contributed by atoms with Crippen LogP contribution in [0.2, 0.25) is 0 Å². The van der Waals surface area contributed by atoms with Crippen molar-refractivity contribution in [1.82, 2.24) is 4.72 Å². The molecule has 0 aliphatic heterocycles. The van der Waals surface area contributed by atoms with Crippen LogP contribution in [0.1, 0.15) is 16.1 Å². The lowest BCUT2D eigenvalue weighted by molar-refractivity contribution is 0.102. The Bertz CT molecular complexity index is 1000. The number of hydrogen-bond acceptors (Lipinski definition) is 4. The summed E-state index contributed by atoms with van der Waals surface area (Å²) in [5.41, 5.74) is 0.893. The molecule has 0 atom stereocenters. The molecule has 0 radical (unpaired) electrons. The van der Waals surface area contributed by atoms with Crippen LogP contribution in [-0.4, -0.2) is 14.3 Å². The van der Waals surface area contributed by atoms with Gasteiger partial charge in [0.25, 0.3) is 5.91 Å². The third-order valence-corrected chi connectivity index (χ3v) is 5.64. The van der Waals surface area contributed by atoms with Crippen molar-refractivity contribution < 1.29 is 17.6 Å². The molecule has 0 spiro atoms. The molecule has 1 amide bonds. The number of benzene rings is 2. The molecule has 3 rings (SSSR count). The van der Waals surface area contributed by atoms with Gasteiger partial charge in [0.1, 0.15) is 5.76 Å². The van der Waals surface area contributed by atoms with Gasteiger partial charge in [-0.1, -0.05) is 6.07 Å². The Kier molecular flexibility index (Phi) is 5.74. The van der Waals surface area contributed by atoms with Crippen molar-refractivity contribution in [3.05, 3.63) is 81.8 Å². The second kappa shape index (κ2) is 8.02. The summed E-state index contributed by atoms with van der Waals surface area (Å²) in [5, 5.41) is 2.75. The zero-order chi connectivity index (χ0) is 18.6. The third kappa shape index (κ3) is 4.71. The van der Waals surface area contributed by atoms with E-state index in [4.69, 9.17) is 4.42 Å². The number of halogens is 1. The Morgan fingerprint density at radius 1 is 1.04 bits per heavy atom. The largest absolute Gasteiger partial charge is 0.468 e. The second-order valence-corrected chi connectivity index (χ2v) is 8.41. The lowest BCUT2D eigenvalue weighted by atomic mass is 10.2. The fourth-order valence-corrected chi connectivity index (χ4v) is 3.60. The number of sulfonamides is 1. The van der Waals surface area contributed by atoms with Crippen molar-refractivity contribution >= 4 is 44.2 Å². The lowest BCUT2D eigenvalue weighted by Gasteiger charge is -2.09. The molecule has 0 unspecified atom stereocenters. The van der Waals surface area contributed by atoms with E-state index in [-0.39, 0.29) is 22.9 Å². The summed E-state index contributed by atoms with van der Waals surface area (Å²) in [6, 6.07) is 16.5. The average Bonchev–Trinajstić information content (AvgIpc) is 3.16. The molecule has 2 N–H and O–H groups in total. The maximum Gasteiger partial charge on any atom is 0.255 e. The molecule has 0 fully saturated rings. The van der Waals surface area contributed by atoms with Gasteiger partial charge >= 0.3 is 0 Å². The Labute approximate surface area is 164 Å². The van der Waals surface area contributed by atoms with Crippen LogP contribution in [0.15, 0.2) is 76.2 Å². The molecule has 3 aromatic rings. The van der Waals surface area contributed by atoms with Gasteiger partial charge in [0.15, 0.2) is 0 Å². The normalized spacial score (nSPS) is 11.3. The minimum atomic E-state index is -3.76. The summed E-state index contributed by atoms with van der Waals surface area (Å²) in [5.74, 6) is 0.121. The van der Waals surface area contributed by atoms with Gasteiger partial charge in [0.2, 0.25) is 10.0 Å². The van der Waals surface area contributed by atoms with Gasteiger partial charge in [-0.05, 0) is 77.2 Å². The quantitative estimate of drug-likeness (QED) is 0.526. The predicted molar refractivity (Wildman–Crippen MR) is 106 cm³/mol. The summed E-state index contributed by atoms with van der Waals surface area (Å²) in [6.07, 6.45) is 1.47. The van der Waals surface area contributed by atoms with E-state index in [9.17, 15) is 13.2 Å². The minimum absolute atomic E-state index is 0.0133. The monoisotopic (exact) mass is 482 g/mol. The number of rotatable bonds is 6. The first-order chi connectivity index (χ1) is 12.4. The smallest absolute Gasteiger partial charge is 0.255 e. The molecule has 0 bridgehead atoms. The average molecular weight is 482 g/mol. The molecule has 1 heterocycles. The fraction of sp³-hybridized carbons (Fsp3) is 0.0556. The van der Waals surface area contributed by atoms with E-state index in [1.54, 1.807) is 30.3 Å². The standard InChI is InChI=1S/C18H15IN2O4S/c19-14-6-8-15(9-7-14)21-18(22)13-3-1-5-17(11-13)26(23,24)20-12-16-4-2-10-25-16/h1-11,20H,12H2,(H,21,22). The Morgan fingerprint density at radius 3 is 2.50 bits per heavy atom. The zero-order valence-electron chi connectivity index (χ0n) is 13.5. The number of anilines is 1. The molecule has 0 saturated heterocycles. The number of furan rings is 1. The van der Waals surface area contributed by atoms with Crippen LogP contribution in [0.25, 0.3) is 0 Å². The van der Waals surface area contributed by atoms with E-state index in [0.717, 1.165) is 3.57 Å². The first-order valence-corrected chi connectivity index (χ1v) is 10.2. The number of hydrogen-bond donors (Lipinski definition) is 2. The Hall–Kier alpha value is -2.17. The van der Waals surface area contributed by atoms with E-state index in [1.807, 2.05) is 12.1 Å².